The monoisotopic (exact) mass is 413 g/mol. The van der Waals surface area contributed by atoms with Gasteiger partial charge >= 0.3 is 0 Å². The Morgan fingerprint density at radius 1 is 1.24 bits per heavy atom. The number of fused-ring (bicyclic) bond motifs is 3. The Morgan fingerprint density at radius 2 is 1.97 bits per heavy atom. The van der Waals surface area contributed by atoms with Crippen molar-refractivity contribution in [3.63, 3.8) is 0 Å². The zero-order valence-electron chi connectivity index (χ0n) is 17.2. The van der Waals surface area contributed by atoms with E-state index in [2.05, 4.69) is 17.1 Å². The van der Waals surface area contributed by atoms with Crippen molar-refractivity contribution in [1.29, 1.82) is 0 Å². The molecule has 7 nitrogen and oxygen atoms in total. The molecule has 3 aromatic rings. The number of thioether (sulfide) groups is 1. The number of rotatable bonds is 5. The second-order valence-electron chi connectivity index (χ2n) is 7.86. The number of hydrogen-bond donors (Lipinski definition) is 0. The lowest BCUT2D eigenvalue weighted by Gasteiger charge is -2.31. The minimum atomic E-state index is -0.263. The van der Waals surface area contributed by atoms with Crippen LogP contribution in [0.2, 0.25) is 0 Å². The predicted octanol–water partition coefficient (Wildman–Crippen LogP) is 3.19. The third-order valence-corrected chi connectivity index (χ3v) is 6.68. The maximum Gasteiger partial charge on any atom is 0.262 e. The van der Waals surface area contributed by atoms with E-state index in [9.17, 15) is 9.59 Å². The van der Waals surface area contributed by atoms with Crippen LogP contribution < -0.4 is 5.56 Å². The fourth-order valence-corrected chi connectivity index (χ4v) is 4.87. The van der Waals surface area contributed by atoms with E-state index < -0.39 is 0 Å². The molecule has 3 heterocycles. The summed E-state index contributed by atoms with van der Waals surface area (Å²) in [6.45, 7) is 8.43. The van der Waals surface area contributed by atoms with Crippen molar-refractivity contribution in [2.24, 2.45) is 5.92 Å². The first-order chi connectivity index (χ1) is 14.0. The quantitative estimate of drug-likeness (QED) is 0.601. The van der Waals surface area contributed by atoms with Gasteiger partial charge in [-0.25, -0.2) is 0 Å². The first kappa shape index (κ1) is 19.9. The molecule has 1 unspecified atom stereocenters. The molecule has 2 aromatic heterocycles. The molecule has 1 fully saturated rings. The van der Waals surface area contributed by atoms with Crippen LogP contribution in [0.3, 0.4) is 0 Å². The molecule has 1 saturated heterocycles. The van der Waals surface area contributed by atoms with Gasteiger partial charge in [-0.1, -0.05) is 37.7 Å². The van der Waals surface area contributed by atoms with Crippen molar-refractivity contribution in [3.8, 4) is 0 Å². The van der Waals surface area contributed by atoms with Gasteiger partial charge in [0.1, 0.15) is 0 Å². The van der Waals surface area contributed by atoms with Gasteiger partial charge in [0, 0.05) is 19.6 Å². The van der Waals surface area contributed by atoms with E-state index in [4.69, 9.17) is 0 Å². The van der Waals surface area contributed by atoms with E-state index in [1.165, 1.54) is 11.8 Å². The van der Waals surface area contributed by atoms with Gasteiger partial charge in [0.05, 0.1) is 16.2 Å². The number of likely N-dealkylation sites (tertiary alicyclic amines) is 1. The van der Waals surface area contributed by atoms with Crippen LogP contribution in [0.25, 0.3) is 16.7 Å². The zero-order chi connectivity index (χ0) is 20.5. The van der Waals surface area contributed by atoms with Crippen LogP contribution in [-0.2, 0) is 11.3 Å². The fraction of sp³-hybridized carbons (Fsp3) is 0.524. The molecule has 0 saturated carbocycles. The average molecular weight is 414 g/mol. The Kier molecular flexibility index (Phi) is 5.63. The summed E-state index contributed by atoms with van der Waals surface area (Å²) in [6.07, 6.45) is 2.95. The Labute approximate surface area is 174 Å². The number of benzene rings is 1. The lowest BCUT2D eigenvalue weighted by molar-refractivity contribution is -0.131. The van der Waals surface area contributed by atoms with E-state index in [0.717, 1.165) is 37.9 Å². The Bertz CT molecular complexity index is 1100. The van der Waals surface area contributed by atoms with Crippen LogP contribution in [0.4, 0.5) is 0 Å². The summed E-state index contributed by atoms with van der Waals surface area (Å²) in [5.74, 6) is 1.36. The first-order valence-corrected chi connectivity index (χ1v) is 11.2. The van der Waals surface area contributed by atoms with Crippen LogP contribution in [0.15, 0.2) is 34.2 Å². The highest BCUT2D eigenvalue weighted by Gasteiger charge is 2.27. The second kappa shape index (κ2) is 8.18. The smallest absolute Gasteiger partial charge is 0.262 e. The second-order valence-corrected chi connectivity index (χ2v) is 9.17. The topological polar surface area (TPSA) is 72.5 Å². The van der Waals surface area contributed by atoms with Crippen LogP contribution >= 0.6 is 11.8 Å². The summed E-state index contributed by atoms with van der Waals surface area (Å²) in [4.78, 5) is 27.8. The van der Waals surface area contributed by atoms with Crippen LogP contribution in [0.5, 0.6) is 0 Å². The molecule has 4 rings (SSSR count). The van der Waals surface area contributed by atoms with Crippen molar-refractivity contribution in [3.05, 3.63) is 34.6 Å². The van der Waals surface area contributed by atoms with E-state index >= 15 is 0 Å². The van der Waals surface area contributed by atoms with Gasteiger partial charge in [-0.15, -0.1) is 10.2 Å². The number of para-hydroxylation sites is 1. The molecular weight excluding hydrogens is 386 g/mol. The first-order valence-electron chi connectivity index (χ1n) is 10.3. The highest BCUT2D eigenvalue weighted by atomic mass is 32.2. The minimum absolute atomic E-state index is 0.0505. The summed E-state index contributed by atoms with van der Waals surface area (Å²) in [7, 11) is 0. The lowest BCUT2D eigenvalue weighted by Crippen LogP contribution is -2.41. The fourth-order valence-electron chi connectivity index (χ4n) is 3.93. The van der Waals surface area contributed by atoms with Gasteiger partial charge in [-0.3, -0.25) is 18.6 Å². The number of aromatic nitrogens is 4. The molecule has 0 aliphatic carbocycles. The van der Waals surface area contributed by atoms with Crippen molar-refractivity contribution in [1.82, 2.24) is 24.1 Å². The summed E-state index contributed by atoms with van der Waals surface area (Å²) >= 11 is 1.41. The number of nitrogens with zero attached hydrogens (tertiary/aromatic N) is 5. The van der Waals surface area contributed by atoms with Crippen LogP contribution in [0, 0.1) is 5.92 Å². The molecule has 0 bridgehead atoms. The predicted molar refractivity (Wildman–Crippen MR) is 115 cm³/mol. The lowest BCUT2D eigenvalue weighted by atomic mass is 9.99. The Hall–Kier alpha value is -2.35. The molecule has 154 valence electrons. The van der Waals surface area contributed by atoms with Crippen molar-refractivity contribution in [2.75, 3.05) is 13.1 Å². The number of aryl methyl sites for hydroxylation is 1. The Balaban J connectivity index is 1.71. The van der Waals surface area contributed by atoms with Gasteiger partial charge < -0.3 is 4.90 Å². The molecule has 1 aliphatic rings. The molecular formula is C21H27N5O2S. The largest absolute Gasteiger partial charge is 0.342 e. The van der Waals surface area contributed by atoms with Crippen molar-refractivity contribution in [2.45, 2.75) is 57.0 Å². The summed E-state index contributed by atoms with van der Waals surface area (Å²) in [5, 5.41) is 9.69. The zero-order valence-corrected chi connectivity index (χ0v) is 18.0. The number of amides is 1. The number of carbonyl (C=O) groups excluding carboxylic acids is 1. The molecule has 1 atom stereocenters. The third kappa shape index (κ3) is 3.66. The van der Waals surface area contributed by atoms with Gasteiger partial charge in [0.25, 0.3) is 5.56 Å². The molecule has 8 heteroatoms. The molecule has 0 N–H and O–H groups in total. The minimum Gasteiger partial charge on any atom is -0.342 e. The van der Waals surface area contributed by atoms with Crippen LogP contribution in [0.1, 0.15) is 40.0 Å². The molecule has 1 aromatic carbocycles. The van der Waals surface area contributed by atoms with Gasteiger partial charge in [0.2, 0.25) is 11.7 Å². The van der Waals surface area contributed by atoms with E-state index in [-0.39, 0.29) is 16.7 Å². The molecule has 1 aliphatic heterocycles. The maximum absolute atomic E-state index is 12.9. The molecule has 0 radical (unpaired) electrons. The van der Waals surface area contributed by atoms with Gasteiger partial charge in [-0.2, -0.15) is 0 Å². The molecule has 1 amide bonds. The number of hydrogen-bond acceptors (Lipinski definition) is 5. The molecule has 0 spiro atoms. The highest BCUT2D eigenvalue weighted by Crippen LogP contribution is 2.27. The molecule has 29 heavy (non-hydrogen) atoms. The van der Waals surface area contributed by atoms with Gasteiger partial charge in [-0.05, 0) is 44.2 Å². The van der Waals surface area contributed by atoms with Crippen molar-refractivity contribution >= 4 is 34.3 Å². The average Bonchev–Trinajstić information content (AvgIpc) is 3.14. The van der Waals surface area contributed by atoms with E-state index in [1.54, 1.807) is 4.57 Å². The summed E-state index contributed by atoms with van der Waals surface area (Å²) in [5.41, 5.74) is 0.726. The summed E-state index contributed by atoms with van der Waals surface area (Å²) in [6, 6.07) is 7.52. The Morgan fingerprint density at radius 3 is 2.69 bits per heavy atom. The highest BCUT2D eigenvalue weighted by molar-refractivity contribution is 8.00. The number of carbonyl (C=O) groups is 1. The van der Waals surface area contributed by atoms with E-state index in [1.807, 2.05) is 47.4 Å². The number of piperidine rings is 1. The summed E-state index contributed by atoms with van der Waals surface area (Å²) < 4.78 is 3.59. The standard InChI is InChI=1S/C21H27N5O2S/c1-4-11-25-19(28)16-7-5-6-8-17(16)26-20(25)22-23-21(26)29-15(3)18(27)24-12-9-14(2)10-13-24/h5-8,14-15H,4,9-13H2,1-3H3. The van der Waals surface area contributed by atoms with Crippen LogP contribution in [-0.4, -0.2) is 48.3 Å². The normalized spacial score (nSPS) is 16.6. The van der Waals surface area contributed by atoms with E-state index in [0.29, 0.717) is 28.8 Å². The third-order valence-electron chi connectivity index (χ3n) is 5.65. The maximum atomic E-state index is 12.9. The van der Waals surface area contributed by atoms with Crippen molar-refractivity contribution < 1.29 is 4.79 Å². The SMILES string of the molecule is CCCn1c(=O)c2ccccc2n2c(SC(C)C(=O)N3CCC(C)CC3)nnc12. The van der Waals surface area contributed by atoms with Gasteiger partial charge in [0.15, 0.2) is 5.16 Å².